The number of methoxy groups -OCH3 is 1. The molecule has 1 aromatic rings. The molecule has 4 nitrogen and oxygen atoms in total. The van der Waals surface area contributed by atoms with Crippen LogP contribution in [0.25, 0.3) is 0 Å². The Hall–Kier alpha value is -0.940. The summed E-state index contributed by atoms with van der Waals surface area (Å²) in [5.41, 5.74) is 9.19. The SMILES string of the molecule is COCCCOCCOCc1ccc(CN)cc1C. The van der Waals surface area contributed by atoms with Crippen LogP contribution in [0, 0.1) is 6.92 Å². The first-order chi connectivity index (χ1) is 9.27. The minimum absolute atomic E-state index is 0.581. The molecule has 0 aliphatic rings. The van der Waals surface area contributed by atoms with Gasteiger partial charge in [-0.2, -0.15) is 0 Å². The van der Waals surface area contributed by atoms with E-state index < -0.39 is 0 Å². The molecule has 0 unspecified atom stereocenters. The molecule has 4 heteroatoms. The van der Waals surface area contributed by atoms with Crippen molar-refractivity contribution in [3.05, 3.63) is 34.9 Å². The van der Waals surface area contributed by atoms with Gasteiger partial charge in [0.25, 0.3) is 0 Å². The van der Waals surface area contributed by atoms with Crippen LogP contribution >= 0.6 is 0 Å². The number of rotatable bonds is 10. The van der Waals surface area contributed by atoms with Gasteiger partial charge in [0.15, 0.2) is 0 Å². The fourth-order valence-corrected chi connectivity index (χ4v) is 1.75. The van der Waals surface area contributed by atoms with Crippen LogP contribution in [0.5, 0.6) is 0 Å². The normalized spacial score (nSPS) is 10.9. The predicted molar refractivity (Wildman–Crippen MR) is 76.0 cm³/mol. The van der Waals surface area contributed by atoms with E-state index in [9.17, 15) is 0 Å². The fourth-order valence-electron chi connectivity index (χ4n) is 1.75. The summed E-state index contributed by atoms with van der Waals surface area (Å²) >= 11 is 0. The van der Waals surface area contributed by atoms with Crippen molar-refractivity contribution in [2.75, 3.05) is 33.5 Å². The monoisotopic (exact) mass is 267 g/mol. The van der Waals surface area contributed by atoms with E-state index in [1.54, 1.807) is 7.11 Å². The van der Waals surface area contributed by atoms with Gasteiger partial charge >= 0.3 is 0 Å². The summed E-state index contributed by atoms with van der Waals surface area (Å²) in [4.78, 5) is 0. The van der Waals surface area contributed by atoms with E-state index in [1.807, 2.05) is 6.07 Å². The van der Waals surface area contributed by atoms with Gasteiger partial charge in [-0.25, -0.2) is 0 Å². The molecule has 0 aromatic heterocycles. The van der Waals surface area contributed by atoms with Crippen LogP contribution in [-0.2, 0) is 27.4 Å². The van der Waals surface area contributed by atoms with E-state index >= 15 is 0 Å². The Labute approximate surface area is 115 Å². The maximum absolute atomic E-state index is 5.60. The second kappa shape index (κ2) is 9.92. The lowest BCUT2D eigenvalue weighted by molar-refractivity contribution is 0.0335. The minimum atomic E-state index is 0.581. The fraction of sp³-hybridized carbons (Fsp3) is 0.600. The molecule has 0 spiro atoms. The van der Waals surface area contributed by atoms with Gasteiger partial charge in [0, 0.05) is 26.9 Å². The zero-order chi connectivity index (χ0) is 13.9. The summed E-state index contributed by atoms with van der Waals surface area (Å²) in [6, 6.07) is 6.24. The highest BCUT2D eigenvalue weighted by atomic mass is 16.5. The highest BCUT2D eigenvalue weighted by Gasteiger charge is 2.00. The van der Waals surface area contributed by atoms with Crippen LogP contribution in [-0.4, -0.2) is 33.5 Å². The van der Waals surface area contributed by atoms with Crippen LogP contribution in [0.3, 0.4) is 0 Å². The highest BCUT2D eigenvalue weighted by Crippen LogP contribution is 2.11. The first kappa shape index (κ1) is 16.1. The standard InChI is InChI=1S/C15H25NO3/c1-13-10-14(11-16)4-5-15(13)12-19-9-8-18-7-3-6-17-2/h4-5,10H,3,6-9,11-12,16H2,1-2H3. The molecule has 0 aliphatic heterocycles. The largest absolute Gasteiger partial charge is 0.385 e. The molecule has 0 heterocycles. The molecule has 0 aliphatic carbocycles. The van der Waals surface area contributed by atoms with E-state index in [2.05, 4.69) is 19.1 Å². The van der Waals surface area contributed by atoms with E-state index in [0.29, 0.717) is 26.4 Å². The molecule has 0 radical (unpaired) electrons. The zero-order valence-corrected chi connectivity index (χ0v) is 12.0. The number of hydrogen-bond donors (Lipinski definition) is 1. The molecule has 1 aromatic carbocycles. The molecule has 19 heavy (non-hydrogen) atoms. The lowest BCUT2D eigenvalue weighted by Crippen LogP contribution is -2.07. The number of ether oxygens (including phenoxy) is 3. The predicted octanol–water partition coefficient (Wildman–Crippen LogP) is 2.02. The van der Waals surface area contributed by atoms with E-state index in [-0.39, 0.29) is 0 Å². The van der Waals surface area contributed by atoms with Crippen molar-refractivity contribution in [1.82, 2.24) is 0 Å². The Morgan fingerprint density at radius 2 is 1.84 bits per heavy atom. The lowest BCUT2D eigenvalue weighted by Gasteiger charge is -2.09. The quantitative estimate of drug-likeness (QED) is 0.659. The van der Waals surface area contributed by atoms with Crippen LogP contribution in [0.1, 0.15) is 23.1 Å². The van der Waals surface area contributed by atoms with Crippen molar-refractivity contribution in [3.8, 4) is 0 Å². The average Bonchev–Trinajstić information content (AvgIpc) is 2.43. The topological polar surface area (TPSA) is 53.7 Å². The number of aryl methyl sites for hydroxylation is 1. The Balaban J connectivity index is 2.12. The number of benzene rings is 1. The van der Waals surface area contributed by atoms with E-state index in [4.69, 9.17) is 19.9 Å². The van der Waals surface area contributed by atoms with E-state index in [0.717, 1.165) is 25.2 Å². The molecule has 0 amide bonds. The molecule has 0 bridgehead atoms. The van der Waals surface area contributed by atoms with Crippen LogP contribution in [0.4, 0.5) is 0 Å². The molecule has 2 N–H and O–H groups in total. The molecule has 0 atom stereocenters. The van der Waals surface area contributed by atoms with Crippen molar-refractivity contribution in [3.63, 3.8) is 0 Å². The molecular formula is C15H25NO3. The van der Waals surface area contributed by atoms with Gasteiger partial charge in [-0.3, -0.25) is 0 Å². The van der Waals surface area contributed by atoms with Gasteiger partial charge in [0.05, 0.1) is 19.8 Å². The maximum Gasteiger partial charge on any atom is 0.0720 e. The third-order valence-electron chi connectivity index (χ3n) is 2.91. The molecule has 108 valence electrons. The molecule has 0 saturated heterocycles. The lowest BCUT2D eigenvalue weighted by atomic mass is 10.1. The second-order valence-corrected chi connectivity index (χ2v) is 4.48. The van der Waals surface area contributed by atoms with Gasteiger partial charge < -0.3 is 19.9 Å². The molecule has 0 fully saturated rings. The molecule has 0 saturated carbocycles. The summed E-state index contributed by atoms with van der Waals surface area (Å²) in [6.45, 7) is 6.00. The van der Waals surface area contributed by atoms with Gasteiger partial charge in [0.1, 0.15) is 0 Å². The third-order valence-corrected chi connectivity index (χ3v) is 2.91. The Morgan fingerprint density at radius 1 is 1.05 bits per heavy atom. The first-order valence-electron chi connectivity index (χ1n) is 6.71. The molecule has 1 rings (SSSR count). The van der Waals surface area contributed by atoms with Crippen molar-refractivity contribution in [2.24, 2.45) is 5.73 Å². The summed E-state index contributed by atoms with van der Waals surface area (Å²) < 4.78 is 16.0. The van der Waals surface area contributed by atoms with Gasteiger partial charge in [-0.1, -0.05) is 18.2 Å². The van der Waals surface area contributed by atoms with Gasteiger partial charge in [-0.15, -0.1) is 0 Å². The summed E-state index contributed by atoms with van der Waals surface area (Å²) in [5, 5.41) is 0. The zero-order valence-electron chi connectivity index (χ0n) is 12.0. The highest BCUT2D eigenvalue weighted by molar-refractivity contribution is 5.30. The van der Waals surface area contributed by atoms with E-state index in [1.165, 1.54) is 11.1 Å². The van der Waals surface area contributed by atoms with Gasteiger partial charge in [-0.05, 0) is 30.0 Å². The molecular weight excluding hydrogens is 242 g/mol. The summed E-state index contributed by atoms with van der Waals surface area (Å²) in [6.07, 6.45) is 0.927. The third kappa shape index (κ3) is 6.68. The Morgan fingerprint density at radius 3 is 2.53 bits per heavy atom. The average molecular weight is 267 g/mol. The van der Waals surface area contributed by atoms with Gasteiger partial charge in [0.2, 0.25) is 0 Å². The van der Waals surface area contributed by atoms with Crippen molar-refractivity contribution < 1.29 is 14.2 Å². The smallest absolute Gasteiger partial charge is 0.0720 e. The van der Waals surface area contributed by atoms with Crippen molar-refractivity contribution >= 4 is 0 Å². The Bertz CT molecular complexity index is 355. The van der Waals surface area contributed by atoms with Crippen molar-refractivity contribution in [2.45, 2.75) is 26.5 Å². The minimum Gasteiger partial charge on any atom is -0.385 e. The van der Waals surface area contributed by atoms with Crippen LogP contribution in [0.2, 0.25) is 0 Å². The number of hydrogen-bond acceptors (Lipinski definition) is 4. The second-order valence-electron chi connectivity index (χ2n) is 4.48. The number of nitrogens with two attached hydrogens (primary N) is 1. The summed E-state index contributed by atoms with van der Waals surface area (Å²) in [5.74, 6) is 0. The summed E-state index contributed by atoms with van der Waals surface area (Å²) in [7, 11) is 1.70. The maximum atomic E-state index is 5.60. The Kier molecular flexibility index (Phi) is 8.41. The van der Waals surface area contributed by atoms with Crippen LogP contribution in [0.15, 0.2) is 18.2 Å². The first-order valence-corrected chi connectivity index (χ1v) is 6.71. The van der Waals surface area contributed by atoms with Crippen molar-refractivity contribution in [1.29, 1.82) is 0 Å². The van der Waals surface area contributed by atoms with Crippen LogP contribution < -0.4 is 5.73 Å².